The Balaban J connectivity index is 2.23. The van der Waals surface area contributed by atoms with Crippen LogP contribution in [0.5, 0.6) is 5.75 Å². The molecule has 4 nitrogen and oxygen atoms in total. The quantitative estimate of drug-likeness (QED) is 0.940. The van der Waals surface area contributed by atoms with Crippen LogP contribution in [-0.2, 0) is 6.42 Å². The summed E-state index contributed by atoms with van der Waals surface area (Å²) >= 11 is 3.42. The van der Waals surface area contributed by atoms with Crippen LogP contribution >= 0.6 is 15.9 Å². The fourth-order valence-electron chi connectivity index (χ4n) is 1.88. The third kappa shape index (κ3) is 3.52. The summed E-state index contributed by atoms with van der Waals surface area (Å²) in [7, 11) is 1.62. The highest BCUT2D eigenvalue weighted by atomic mass is 79.9. The average Bonchev–Trinajstić information content (AvgIpc) is 2.39. The van der Waals surface area contributed by atoms with E-state index in [1.165, 1.54) is 0 Å². The topological polar surface area (TPSA) is 55.2 Å². The van der Waals surface area contributed by atoms with Gasteiger partial charge in [0.2, 0.25) is 0 Å². The van der Waals surface area contributed by atoms with Gasteiger partial charge in [0.05, 0.1) is 12.8 Å². The summed E-state index contributed by atoms with van der Waals surface area (Å²) in [4.78, 5) is 8.26. The number of aliphatic hydroxyl groups is 1. The molecule has 0 fully saturated rings. The Bertz CT molecular complexity index is 575. The molecule has 0 saturated carbocycles. The van der Waals surface area contributed by atoms with Gasteiger partial charge in [0.1, 0.15) is 17.7 Å². The largest absolute Gasteiger partial charge is 0.496 e. The van der Waals surface area contributed by atoms with Gasteiger partial charge in [0.25, 0.3) is 0 Å². The van der Waals surface area contributed by atoms with Crippen LogP contribution in [0.3, 0.4) is 0 Å². The van der Waals surface area contributed by atoms with Crippen LogP contribution < -0.4 is 4.74 Å². The van der Waals surface area contributed by atoms with Gasteiger partial charge in [-0.05, 0) is 36.8 Å². The Morgan fingerprint density at radius 1 is 1.37 bits per heavy atom. The van der Waals surface area contributed by atoms with E-state index in [-0.39, 0.29) is 0 Å². The number of aryl methyl sites for hydroxylation is 1. The first-order valence-electron chi connectivity index (χ1n) is 5.90. The van der Waals surface area contributed by atoms with Crippen molar-refractivity contribution in [3.63, 3.8) is 0 Å². The number of methoxy groups -OCH3 is 1. The molecular weight excluding hydrogens is 308 g/mol. The number of benzene rings is 1. The van der Waals surface area contributed by atoms with Crippen LogP contribution in [0, 0.1) is 6.92 Å². The van der Waals surface area contributed by atoms with Gasteiger partial charge in [-0.1, -0.05) is 15.9 Å². The average molecular weight is 323 g/mol. The number of hydrogen-bond acceptors (Lipinski definition) is 4. The zero-order chi connectivity index (χ0) is 13.8. The van der Waals surface area contributed by atoms with Crippen molar-refractivity contribution in [3.8, 4) is 5.75 Å². The highest BCUT2D eigenvalue weighted by molar-refractivity contribution is 9.10. The lowest BCUT2D eigenvalue weighted by atomic mass is 10.0. The summed E-state index contributed by atoms with van der Waals surface area (Å²) in [5.74, 6) is 1.41. The standard InChI is InChI=1S/C14H15BrN2O2/c1-9-16-6-5-12(17-9)13(18)8-10-7-11(15)3-4-14(10)19-2/h3-7,13,18H,8H2,1-2H3. The lowest BCUT2D eigenvalue weighted by Crippen LogP contribution is -2.06. The normalized spacial score (nSPS) is 12.2. The van der Waals surface area contributed by atoms with Crippen LogP contribution in [0.2, 0.25) is 0 Å². The van der Waals surface area contributed by atoms with Gasteiger partial charge in [0.15, 0.2) is 0 Å². The Kier molecular flexibility index (Phi) is 4.50. The Morgan fingerprint density at radius 3 is 2.84 bits per heavy atom. The summed E-state index contributed by atoms with van der Waals surface area (Å²) in [6, 6.07) is 7.44. The Morgan fingerprint density at radius 2 is 2.16 bits per heavy atom. The molecule has 100 valence electrons. The number of halogens is 1. The SMILES string of the molecule is COc1ccc(Br)cc1CC(O)c1ccnc(C)n1. The lowest BCUT2D eigenvalue weighted by Gasteiger charge is -2.13. The molecule has 0 aliphatic heterocycles. The van der Waals surface area contributed by atoms with Crippen molar-refractivity contribution in [2.45, 2.75) is 19.4 Å². The van der Waals surface area contributed by atoms with E-state index in [9.17, 15) is 5.11 Å². The molecule has 2 aromatic rings. The van der Waals surface area contributed by atoms with Crippen LogP contribution in [0.25, 0.3) is 0 Å². The van der Waals surface area contributed by atoms with E-state index in [4.69, 9.17) is 4.74 Å². The highest BCUT2D eigenvalue weighted by Crippen LogP contribution is 2.27. The molecule has 0 bridgehead atoms. The van der Waals surface area contributed by atoms with Gasteiger partial charge >= 0.3 is 0 Å². The van der Waals surface area contributed by atoms with Crippen LogP contribution in [0.4, 0.5) is 0 Å². The van der Waals surface area contributed by atoms with E-state index in [1.54, 1.807) is 26.3 Å². The lowest BCUT2D eigenvalue weighted by molar-refractivity contribution is 0.172. The van der Waals surface area contributed by atoms with Crippen LogP contribution in [0.15, 0.2) is 34.9 Å². The fraction of sp³-hybridized carbons (Fsp3) is 0.286. The molecule has 1 aromatic heterocycles. The summed E-state index contributed by atoms with van der Waals surface area (Å²) in [5.41, 5.74) is 1.55. The molecule has 2 rings (SSSR count). The number of aliphatic hydroxyl groups excluding tert-OH is 1. The number of rotatable bonds is 4. The molecule has 1 atom stereocenters. The molecule has 0 spiro atoms. The van der Waals surface area contributed by atoms with E-state index in [0.29, 0.717) is 17.9 Å². The van der Waals surface area contributed by atoms with Crippen LogP contribution in [0.1, 0.15) is 23.2 Å². The van der Waals surface area contributed by atoms with Crippen molar-refractivity contribution < 1.29 is 9.84 Å². The second-order valence-electron chi connectivity index (χ2n) is 4.20. The molecule has 0 aliphatic rings. The fourth-order valence-corrected chi connectivity index (χ4v) is 2.29. The predicted molar refractivity (Wildman–Crippen MR) is 76.1 cm³/mol. The maximum atomic E-state index is 10.2. The monoisotopic (exact) mass is 322 g/mol. The minimum Gasteiger partial charge on any atom is -0.496 e. The molecule has 1 aromatic carbocycles. The van der Waals surface area contributed by atoms with Gasteiger partial charge in [-0.25, -0.2) is 9.97 Å². The van der Waals surface area contributed by atoms with Crippen molar-refractivity contribution >= 4 is 15.9 Å². The van der Waals surface area contributed by atoms with Gasteiger partial charge in [-0.2, -0.15) is 0 Å². The highest BCUT2D eigenvalue weighted by Gasteiger charge is 2.14. The van der Waals surface area contributed by atoms with Gasteiger partial charge in [-0.15, -0.1) is 0 Å². The van der Waals surface area contributed by atoms with E-state index in [2.05, 4.69) is 25.9 Å². The third-order valence-electron chi connectivity index (χ3n) is 2.79. The van der Waals surface area contributed by atoms with Crippen molar-refractivity contribution in [1.29, 1.82) is 0 Å². The maximum Gasteiger partial charge on any atom is 0.125 e. The van der Waals surface area contributed by atoms with Crippen molar-refractivity contribution in [2.24, 2.45) is 0 Å². The number of nitrogens with zero attached hydrogens (tertiary/aromatic N) is 2. The molecule has 1 heterocycles. The molecule has 19 heavy (non-hydrogen) atoms. The molecule has 0 aliphatic carbocycles. The maximum absolute atomic E-state index is 10.2. The third-order valence-corrected chi connectivity index (χ3v) is 3.29. The van der Waals surface area contributed by atoms with Crippen molar-refractivity contribution in [3.05, 3.63) is 52.0 Å². The smallest absolute Gasteiger partial charge is 0.125 e. The first kappa shape index (κ1) is 14.0. The van der Waals surface area contributed by atoms with E-state index in [0.717, 1.165) is 15.8 Å². The van der Waals surface area contributed by atoms with E-state index >= 15 is 0 Å². The second-order valence-corrected chi connectivity index (χ2v) is 5.12. The molecular formula is C14H15BrN2O2. The molecule has 1 N–H and O–H groups in total. The minimum absolute atomic E-state index is 0.444. The minimum atomic E-state index is -0.676. The zero-order valence-corrected chi connectivity index (χ0v) is 12.4. The molecule has 0 saturated heterocycles. The predicted octanol–water partition coefficient (Wildman–Crippen LogP) is 2.83. The summed E-state index contributed by atoms with van der Waals surface area (Å²) in [5, 5.41) is 10.2. The molecule has 5 heteroatoms. The zero-order valence-electron chi connectivity index (χ0n) is 10.8. The summed E-state index contributed by atoms with van der Waals surface area (Å²) < 4.78 is 6.25. The molecule has 0 amide bonds. The Labute approximate surface area is 120 Å². The second kappa shape index (κ2) is 6.12. The van der Waals surface area contributed by atoms with Crippen molar-refractivity contribution in [1.82, 2.24) is 9.97 Å². The van der Waals surface area contributed by atoms with Gasteiger partial charge < -0.3 is 9.84 Å². The Hall–Kier alpha value is -1.46. The number of ether oxygens (including phenoxy) is 1. The first-order valence-corrected chi connectivity index (χ1v) is 6.69. The van der Waals surface area contributed by atoms with Gasteiger partial charge in [-0.3, -0.25) is 0 Å². The van der Waals surface area contributed by atoms with E-state index < -0.39 is 6.10 Å². The van der Waals surface area contributed by atoms with E-state index in [1.807, 2.05) is 18.2 Å². The number of hydrogen-bond donors (Lipinski definition) is 1. The first-order chi connectivity index (χ1) is 9.10. The molecule has 1 unspecified atom stereocenters. The van der Waals surface area contributed by atoms with Crippen molar-refractivity contribution in [2.75, 3.05) is 7.11 Å². The van der Waals surface area contributed by atoms with Gasteiger partial charge in [0, 0.05) is 17.1 Å². The summed E-state index contributed by atoms with van der Waals surface area (Å²) in [6.45, 7) is 1.80. The summed E-state index contributed by atoms with van der Waals surface area (Å²) in [6.07, 6.45) is 1.42. The van der Waals surface area contributed by atoms with Crippen LogP contribution in [-0.4, -0.2) is 22.2 Å². The number of aromatic nitrogens is 2. The molecule has 0 radical (unpaired) electrons.